The van der Waals surface area contributed by atoms with Crippen molar-refractivity contribution in [3.05, 3.63) is 29.8 Å². The Bertz CT molecular complexity index is 480. The summed E-state index contributed by atoms with van der Waals surface area (Å²) in [6.07, 6.45) is -1.48. The molecule has 0 aromatic heterocycles. The largest absolute Gasteiger partial charge is 0.497 e. The Kier molecular flexibility index (Phi) is 3.12. The van der Waals surface area contributed by atoms with Crippen LogP contribution in [0.25, 0.3) is 0 Å². The second kappa shape index (κ2) is 5.72. The van der Waals surface area contributed by atoms with Crippen LogP contribution >= 0.6 is 0 Å². The number of rotatable bonds is 4. The molecule has 3 nitrogen and oxygen atoms in total. The molecule has 100 valence electrons. The molecule has 3 heteroatoms. The molecule has 0 aliphatic heterocycles. The molecular weight excluding hydrogens is 226 g/mol. The first kappa shape index (κ1) is 9.82. The number of benzene rings is 1. The summed E-state index contributed by atoms with van der Waals surface area (Å²) in [5, 5.41) is 11.0. The lowest BCUT2D eigenvalue weighted by atomic mass is 9.73. The topological polar surface area (TPSA) is 55.5 Å². The summed E-state index contributed by atoms with van der Waals surface area (Å²) < 4.78 is 29.4. The molecule has 0 heterocycles. The molecule has 1 aromatic rings. The van der Waals surface area contributed by atoms with Gasteiger partial charge in [0.15, 0.2) is 0 Å². The second-order valence-corrected chi connectivity index (χ2v) is 4.73. The molecule has 0 saturated heterocycles. The smallest absolute Gasteiger partial charge is 0.118 e. The Morgan fingerprint density at radius 2 is 2.17 bits per heavy atom. The van der Waals surface area contributed by atoms with E-state index >= 15 is 0 Å². The van der Waals surface area contributed by atoms with Crippen LogP contribution in [0.5, 0.6) is 5.75 Å². The minimum atomic E-state index is -1.98. The SMILES string of the molecule is [2H]C1CCCC(O)(C(CN)c2ccc(OC)cc2)C1([2H])[2H]. The molecule has 0 radical (unpaired) electrons. The molecule has 3 N–H and O–H groups in total. The maximum atomic E-state index is 11.0. The second-order valence-electron chi connectivity index (χ2n) is 4.73. The van der Waals surface area contributed by atoms with Gasteiger partial charge in [-0.1, -0.05) is 31.4 Å². The molecule has 3 atom stereocenters. The maximum Gasteiger partial charge on any atom is 0.118 e. The molecule has 3 unspecified atom stereocenters. The molecule has 0 amide bonds. The van der Waals surface area contributed by atoms with Crippen LogP contribution in [0.4, 0.5) is 0 Å². The van der Waals surface area contributed by atoms with Gasteiger partial charge in [-0.2, -0.15) is 0 Å². The predicted molar refractivity (Wildman–Crippen MR) is 72.8 cm³/mol. The highest BCUT2D eigenvalue weighted by atomic mass is 16.5. The maximum absolute atomic E-state index is 11.0. The van der Waals surface area contributed by atoms with Gasteiger partial charge in [-0.3, -0.25) is 0 Å². The monoisotopic (exact) mass is 252 g/mol. The van der Waals surface area contributed by atoms with Gasteiger partial charge in [-0.05, 0) is 30.5 Å². The molecule has 1 aliphatic carbocycles. The van der Waals surface area contributed by atoms with E-state index in [2.05, 4.69) is 0 Å². The minimum absolute atomic E-state index is 0.134. The van der Waals surface area contributed by atoms with Crippen molar-refractivity contribution in [1.82, 2.24) is 0 Å². The third-order valence-electron chi connectivity index (χ3n) is 3.59. The molecule has 1 aromatic carbocycles. The fourth-order valence-corrected chi connectivity index (χ4v) is 2.51. The molecule has 1 saturated carbocycles. The Balaban J connectivity index is 2.38. The summed E-state index contributed by atoms with van der Waals surface area (Å²) in [5.74, 6) is 0.165. The third kappa shape index (κ3) is 2.68. The lowest BCUT2D eigenvalue weighted by molar-refractivity contribution is -0.0194. The Labute approximate surface area is 113 Å². The van der Waals surface area contributed by atoms with E-state index in [1.54, 1.807) is 31.4 Å². The predicted octanol–water partition coefficient (Wildman–Crippen LogP) is 2.43. The standard InChI is InChI=1S/C15H23NO2/c1-18-13-7-5-12(6-8-13)14(11-16)15(17)9-3-2-4-10-15/h5-8,14,17H,2-4,9-11,16H2,1H3/i3D,9D2. The van der Waals surface area contributed by atoms with Gasteiger partial charge in [0.2, 0.25) is 0 Å². The van der Waals surface area contributed by atoms with E-state index in [4.69, 9.17) is 14.6 Å². The zero-order valence-electron chi connectivity index (χ0n) is 13.7. The van der Waals surface area contributed by atoms with Crippen molar-refractivity contribution in [3.8, 4) is 5.75 Å². The van der Waals surface area contributed by atoms with Crippen LogP contribution < -0.4 is 10.5 Å². The number of hydrogen-bond acceptors (Lipinski definition) is 3. The van der Waals surface area contributed by atoms with E-state index in [0.29, 0.717) is 25.0 Å². The lowest BCUT2D eigenvalue weighted by Gasteiger charge is -2.39. The van der Waals surface area contributed by atoms with E-state index in [1.165, 1.54) is 0 Å². The van der Waals surface area contributed by atoms with Crippen LogP contribution in [0.2, 0.25) is 0 Å². The summed E-state index contributed by atoms with van der Waals surface area (Å²) in [6.45, 7) is 0.134. The van der Waals surface area contributed by atoms with Gasteiger partial charge in [0.1, 0.15) is 5.75 Å². The summed E-state index contributed by atoms with van der Waals surface area (Å²) in [4.78, 5) is 0. The lowest BCUT2D eigenvalue weighted by Crippen LogP contribution is -2.41. The van der Waals surface area contributed by atoms with E-state index in [1.807, 2.05) is 0 Å². The molecule has 1 aliphatic rings. The van der Waals surface area contributed by atoms with Gasteiger partial charge in [0.25, 0.3) is 0 Å². The van der Waals surface area contributed by atoms with Crippen LogP contribution in [0, 0.1) is 0 Å². The Morgan fingerprint density at radius 3 is 2.78 bits per heavy atom. The quantitative estimate of drug-likeness (QED) is 0.865. The first-order chi connectivity index (χ1) is 9.86. The fourth-order valence-electron chi connectivity index (χ4n) is 2.51. The molecular formula is C15H23NO2. The summed E-state index contributed by atoms with van der Waals surface area (Å²) >= 11 is 0. The van der Waals surface area contributed by atoms with Crippen molar-refractivity contribution in [2.45, 2.75) is 43.6 Å². The van der Waals surface area contributed by atoms with E-state index < -0.39 is 24.3 Å². The number of aliphatic hydroxyl groups is 1. The van der Waals surface area contributed by atoms with Crippen molar-refractivity contribution < 1.29 is 14.0 Å². The van der Waals surface area contributed by atoms with Crippen molar-refractivity contribution >= 4 is 0 Å². The van der Waals surface area contributed by atoms with Gasteiger partial charge in [-0.25, -0.2) is 0 Å². The molecule has 0 bridgehead atoms. The summed E-state index contributed by atoms with van der Waals surface area (Å²) in [6, 6.07) is 7.16. The van der Waals surface area contributed by atoms with Gasteiger partial charge in [0, 0.05) is 16.6 Å². The van der Waals surface area contributed by atoms with Gasteiger partial charge in [-0.15, -0.1) is 0 Å². The van der Waals surface area contributed by atoms with Crippen molar-refractivity contribution in [2.24, 2.45) is 5.73 Å². The number of ether oxygens (including phenoxy) is 1. The number of hydrogen-bond donors (Lipinski definition) is 2. The van der Waals surface area contributed by atoms with E-state index in [0.717, 1.165) is 5.56 Å². The summed E-state index contributed by atoms with van der Waals surface area (Å²) in [5.41, 5.74) is 5.01. The van der Waals surface area contributed by atoms with Crippen LogP contribution in [0.3, 0.4) is 0 Å². The highest BCUT2D eigenvalue weighted by Gasteiger charge is 2.37. The average molecular weight is 252 g/mol. The van der Waals surface area contributed by atoms with Gasteiger partial charge < -0.3 is 15.6 Å². The normalized spacial score (nSPS) is 35.1. The number of methoxy groups -OCH3 is 1. The first-order valence-electron chi connectivity index (χ1n) is 7.93. The first-order valence-corrected chi connectivity index (χ1v) is 6.35. The van der Waals surface area contributed by atoms with Crippen LogP contribution in [-0.4, -0.2) is 24.4 Å². The zero-order chi connectivity index (χ0) is 15.7. The van der Waals surface area contributed by atoms with Crippen LogP contribution in [0.1, 0.15) is 47.6 Å². The minimum Gasteiger partial charge on any atom is -0.497 e. The highest BCUT2D eigenvalue weighted by molar-refractivity contribution is 5.31. The zero-order valence-corrected chi connectivity index (χ0v) is 10.7. The van der Waals surface area contributed by atoms with Gasteiger partial charge in [0.05, 0.1) is 12.7 Å². The average Bonchev–Trinajstić information content (AvgIpc) is 2.47. The summed E-state index contributed by atoms with van der Waals surface area (Å²) in [7, 11) is 1.58. The fraction of sp³-hybridized carbons (Fsp3) is 0.600. The van der Waals surface area contributed by atoms with E-state index in [9.17, 15) is 5.11 Å². The van der Waals surface area contributed by atoms with Crippen molar-refractivity contribution in [1.29, 1.82) is 0 Å². The molecule has 18 heavy (non-hydrogen) atoms. The van der Waals surface area contributed by atoms with E-state index in [-0.39, 0.29) is 6.54 Å². The molecule has 2 rings (SSSR count). The van der Waals surface area contributed by atoms with Crippen LogP contribution in [-0.2, 0) is 0 Å². The highest BCUT2D eigenvalue weighted by Crippen LogP contribution is 2.39. The number of nitrogens with two attached hydrogens (primary N) is 1. The van der Waals surface area contributed by atoms with Crippen LogP contribution in [0.15, 0.2) is 24.3 Å². The Morgan fingerprint density at radius 1 is 1.44 bits per heavy atom. The molecule has 1 fully saturated rings. The Hall–Kier alpha value is -1.06. The van der Waals surface area contributed by atoms with Crippen molar-refractivity contribution in [2.75, 3.05) is 13.7 Å². The third-order valence-corrected chi connectivity index (χ3v) is 3.59. The van der Waals surface area contributed by atoms with Gasteiger partial charge >= 0.3 is 0 Å². The van der Waals surface area contributed by atoms with Crippen molar-refractivity contribution in [3.63, 3.8) is 0 Å². The molecule has 0 spiro atoms.